The maximum atomic E-state index is 12.4. The first-order valence-corrected chi connectivity index (χ1v) is 13.4. The van der Waals surface area contributed by atoms with Crippen molar-refractivity contribution in [1.29, 1.82) is 0 Å². The number of hydrogen-bond donors (Lipinski definition) is 4. The lowest BCUT2D eigenvalue weighted by Crippen LogP contribution is -2.57. The molecule has 0 bridgehead atoms. The lowest BCUT2D eigenvalue weighted by molar-refractivity contribution is -0.159. The molecule has 0 unspecified atom stereocenters. The predicted octanol–water partition coefficient (Wildman–Crippen LogP) is 3.14. The Hall–Kier alpha value is -1.87. The molecule has 0 saturated heterocycles. The van der Waals surface area contributed by atoms with Gasteiger partial charge in [-0.3, -0.25) is 9.59 Å². The van der Waals surface area contributed by atoms with Gasteiger partial charge in [0.1, 0.15) is 11.6 Å². The number of carboxylic acids is 1. The van der Waals surface area contributed by atoms with Crippen LogP contribution in [0.4, 0.5) is 0 Å². The number of nitrogens with zero attached hydrogens (tertiary/aromatic N) is 1. The maximum absolute atomic E-state index is 12.4. The minimum atomic E-state index is -1.19. The van der Waals surface area contributed by atoms with E-state index in [1.54, 1.807) is 6.92 Å². The first-order chi connectivity index (χ1) is 16.5. The Kier molecular flexibility index (Phi) is 7.14. The van der Waals surface area contributed by atoms with Crippen LogP contribution < -0.4 is 5.32 Å². The highest BCUT2D eigenvalue weighted by Gasteiger charge is 2.65. The molecule has 0 spiro atoms. The molecule has 1 amide bonds. The van der Waals surface area contributed by atoms with Crippen LogP contribution in [0.2, 0.25) is 0 Å². The molecule has 194 valence electrons. The molecule has 0 radical (unpaired) electrons. The number of hydrogen-bond acceptors (Lipinski definition) is 7. The molecule has 3 saturated carbocycles. The highest BCUT2D eigenvalue weighted by Crippen LogP contribution is 2.67. The van der Waals surface area contributed by atoms with Crippen LogP contribution in [0.5, 0.6) is 0 Å². The van der Waals surface area contributed by atoms with E-state index in [2.05, 4.69) is 43.0 Å². The fraction of sp³-hybridized carbons (Fsp3) is 0.769. The Morgan fingerprint density at radius 1 is 1.17 bits per heavy atom. The fourth-order valence-electron chi connectivity index (χ4n) is 7.83. The zero-order chi connectivity index (χ0) is 25.6. The molecule has 0 heterocycles. The summed E-state index contributed by atoms with van der Waals surface area (Å²) in [6, 6.07) is -1.06. The number of oxime groups is 1. The summed E-state index contributed by atoms with van der Waals surface area (Å²) in [4.78, 5) is 40.6. The molecule has 0 aliphatic heterocycles. The summed E-state index contributed by atoms with van der Waals surface area (Å²) in [5.41, 5.74) is 0.729. The largest absolute Gasteiger partial charge is 0.480 e. The molecule has 3 fully saturated rings. The third kappa shape index (κ3) is 4.32. The minimum Gasteiger partial charge on any atom is -0.480 e. The quantitative estimate of drug-likeness (QED) is 0.311. The number of carbonyl (C=O) groups is 3. The van der Waals surface area contributed by atoms with Gasteiger partial charge in [0.2, 0.25) is 0 Å². The maximum Gasteiger partial charge on any atom is 0.327 e. The fourth-order valence-corrected chi connectivity index (χ4v) is 8.08. The summed E-state index contributed by atoms with van der Waals surface area (Å²) in [7, 11) is 0. The first-order valence-electron chi connectivity index (χ1n) is 12.7. The minimum absolute atomic E-state index is 0.00349. The van der Waals surface area contributed by atoms with Crippen molar-refractivity contribution in [2.45, 2.75) is 83.8 Å². The van der Waals surface area contributed by atoms with Crippen molar-refractivity contribution < 1.29 is 29.4 Å². The molecule has 0 aromatic rings. The SMILES string of the molecule is CC(=O)[C@@]1(O)CC[C@H]2[C@@H]3CCC4=CC(=NOCC(=O)N[C@H](CS)C(=O)O)CC[C@]4(C)[C@H]3CC[C@@]21C. The Bertz CT molecular complexity index is 965. The van der Waals surface area contributed by atoms with Gasteiger partial charge in [0.25, 0.3) is 5.91 Å². The molecule has 3 N–H and O–H groups in total. The van der Waals surface area contributed by atoms with Gasteiger partial charge in [-0.15, -0.1) is 0 Å². The number of Topliss-reactive ketones (excluding diaryl/α,β-unsaturated/α-hetero) is 1. The average Bonchev–Trinajstić information content (AvgIpc) is 3.09. The number of thiol groups is 1. The van der Waals surface area contributed by atoms with Crippen LogP contribution in [0.15, 0.2) is 16.8 Å². The van der Waals surface area contributed by atoms with E-state index in [1.807, 2.05) is 0 Å². The average molecular weight is 507 g/mol. The summed E-state index contributed by atoms with van der Waals surface area (Å²) in [5, 5.41) is 26.8. The van der Waals surface area contributed by atoms with E-state index in [4.69, 9.17) is 9.94 Å². The monoisotopic (exact) mass is 506 g/mol. The van der Waals surface area contributed by atoms with E-state index in [1.165, 1.54) is 5.57 Å². The van der Waals surface area contributed by atoms with Gasteiger partial charge in [-0.1, -0.05) is 24.6 Å². The van der Waals surface area contributed by atoms with Gasteiger partial charge in [0, 0.05) is 11.2 Å². The van der Waals surface area contributed by atoms with Crippen molar-refractivity contribution in [2.24, 2.45) is 33.7 Å². The van der Waals surface area contributed by atoms with E-state index in [0.717, 1.165) is 50.7 Å². The smallest absolute Gasteiger partial charge is 0.327 e. The normalized spacial score (nSPS) is 40.1. The number of fused-ring (bicyclic) bond motifs is 5. The lowest BCUT2D eigenvalue weighted by atomic mass is 9.46. The number of rotatable bonds is 7. The molecule has 9 heteroatoms. The molecule has 7 atom stereocenters. The van der Waals surface area contributed by atoms with Crippen LogP contribution in [0.3, 0.4) is 0 Å². The highest BCUT2D eigenvalue weighted by atomic mass is 32.1. The lowest BCUT2D eigenvalue weighted by Gasteiger charge is -2.59. The Labute approximate surface area is 212 Å². The van der Waals surface area contributed by atoms with Crippen molar-refractivity contribution in [1.82, 2.24) is 5.32 Å². The third-order valence-corrected chi connectivity index (χ3v) is 10.3. The van der Waals surface area contributed by atoms with E-state index >= 15 is 0 Å². The van der Waals surface area contributed by atoms with Crippen molar-refractivity contribution in [3.8, 4) is 0 Å². The number of carboxylic acid groups (broad SMARTS) is 1. The van der Waals surface area contributed by atoms with Crippen LogP contribution in [0.25, 0.3) is 0 Å². The molecule has 0 aromatic heterocycles. The number of carbonyl (C=O) groups excluding carboxylic acids is 2. The van der Waals surface area contributed by atoms with E-state index in [9.17, 15) is 19.5 Å². The van der Waals surface area contributed by atoms with E-state index in [0.29, 0.717) is 24.2 Å². The number of amides is 1. The standard InChI is InChI=1S/C26H38N2O6S/c1-15(29)26(33)11-8-20-18-5-4-16-12-17(28-34-13-22(30)27-21(14-35)23(31)32)6-9-24(16,2)19(18)7-10-25(20,26)3/h12,18-21,33,35H,4-11,13-14H2,1-3H3,(H,27,30)(H,31,32)/t18-,19+,20+,21-,24+,25+,26+/m1/s1. The van der Waals surface area contributed by atoms with Crippen LogP contribution in [0.1, 0.15) is 72.1 Å². The topological polar surface area (TPSA) is 125 Å². The van der Waals surface area contributed by atoms with Crippen molar-refractivity contribution in [2.75, 3.05) is 12.4 Å². The molecular weight excluding hydrogens is 468 g/mol. The molecular formula is C26H38N2O6S. The highest BCUT2D eigenvalue weighted by molar-refractivity contribution is 7.80. The van der Waals surface area contributed by atoms with Gasteiger partial charge in [-0.05, 0) is 87.5 Å². The number of aliphatic carboxylic acids is 1. The van der Waals surface area contributed by atoms with E-state index in [-0.39, 0.29) is 29.0 Å². The molecule has 4 rings (SSSR count). The van der Waals surface area contributed by atoms with Crippen molar-refractivity contribution in [3.63, 3.8) is 0 Å². The molecule has 8 nitrogen and oxygen atoms in total. The Morgan fingerprint density at radius 2 is 1.89 bits per heavy atom. The Balaban J connectivity index is 1.43. The molecule has 0 aromatic carbocycles. The Morgan fingerprint density at radius 3 is 2.54 bits per heavy atom. The van der Waals surface area contributed by atoms with Crippen molar-refractivity contribution in [3.05, 3.63) is 11.6 Å². The van der Waals surface area contributed by atoms with Crippen molar-refractivity contribution >= 4 is 36.0 Å². The zero-order valence-corrected chi connectivity index (χ0v) is 21.8. The summed E-state index contributed by atoms with van der Waals surface area (Å²) < 4.78 is 0. The number of aliphatic hydroxyl groups is 1. The third-order valence-electron chi connectivity index (χ3n) is 9.90. The van der Waals surface area contributed by atoms with E-state index < -0.39 is 23.5 Å². The van der Waals surface area contributed by atoms with Gasteiger partial charge in [-0.25, -0.2) is 4.79 Å². The molecule has 35 heavy (non-hydrogen) atoms. The van der Waals surface area contributed by atoms with Crippen LogP contribution in [0, 0.1) is 28.6 Å². The summed E-state index contributed by atoms with van der Waals surface area (Å²) in [6.45, 7) is 5.70. The first kappa shape index (κ1) is 26.2. The summed E-state index contributed by atoms with van der Waals surface area (Å²) in [5.74, 6) is -0.363. The second-order valence-corrected chi connectivity index (χ2v) is 11.8. The van der Waals surface area contributed by atoms with Crippen LogP contribution in [-0.2, 0) is 19.2 Å². The number of allylic oxidation sites excluding steroid dienone is 2. The molecule has 4 aliphatic carbocycles. The van der Waals surface area contributed by atoms with Gasteiger partial charge in [0.05, 0.1) is 5.71 Å². The summed E-state index contributed by atoms with van der Waals surface area (Å²) in [6.07, 6.45) is 9.23. The van der Waals surface area contributed by atoms with Crippen LogP contribution in [-0.4, -0.2) is 57.6 Å². The van der Waals surface area contributed by atoms with Gasteiger partial charge < -0.3 is 20.4 Å². The second kappa shape index (κ2) is 9.54. The second-order valence-electron chi connectivity index (χ2n) is 11.4. The predicted molar refractivity (Wildman–Crippen MR) is 134 cm³/mol. The van der Waals surface area contributed by atoms with Gasteiger partial charge in [-0.2, -0.15) is 12.6 Å². The number of ketones is 1. The number of nitrogens with one attached hydrogen (secondary N) is 1. The summed E-state index contributed by atoms with van der Waals surface area (Å²) >= 11 is 3.93. The van der Waals surface area contributed by atoms with Gasteiger partial charge in [0.15, 0.2) is 12.4 Å². The van der Waals surface area contributed by atoms with Gasteiger partial charge >= 0.3 is 5.97 Å². The molecule has 4 aliphatic rings. The zero-order valence-electron chi connectivity index (χ0n) is 20.9. The van der Waals surface area contributed by atoms with Crippen LogP contribution >= 0.6 is 12.6 Å².